The number of imidazole rings is 1. The summed E-state index contributed by atoms with van der Waals surface area (Å²) in [5, 5.41) is 3.10. The van der Waals surface area contributed by atoms with E-state index in [4.69, 9.17) is 0 Å². The van der Waals surface area contributed by atoms with Crippen molar-refractivity contribution in [2.75, 3.05) is 13.1 Å². The van der Waals surface area contributed by atoms with Crippen LogP contribution in [-0.4, -0.2) is 50.4 Å². The molecule has 0 spiro atoms. The fourth-order valence-electron chi connectivity index (χ4n) is 4.44. The number of pyridine rings is 1. The van der Waals surface area contributed by atoms with Gasteiger partial charge in [0.2, 0.25) is 0 Å². The van der Waals surface area contributed by atoms with Gasteiger partial charge in [-0.2, -0.15) is 0 Å². The van der Waals surface area contributed by atoms with E-state index in [0.29, 0.717) is 23.8 Å². The standard InChI is InChI=1S/C22H29N5O2/c1-2-26-15-23-13-20(26)22(29)27-11-5-6-17(14-27)19-10-9-16(12-24-19)21(28)25-18-7-3-4-8-18/h9-10,12-13,15,17-18H,2-8,11,14H2,1H3,(H,25,28)/t17-/m0/s1. The van der Waals surface area contributed by atoms with E-state index >= 15 is 0 Å². The molecule has 2 fully saturated rings. The number of likely N-dealkylation sites (tertiary alicyclic amines) is 1. The molecule has 1 saturated carbocycles. The third-order valence-electron chi connectivity index (χ3n) is 6.14. The van der Waals surface area contributed by atoms with Gasteiger partial charge in [-0.25, -0.2) is 4.98 Å². The molecule has 0 radical (unpaired) electrons. The smallest absolute Gasteiger partial charge is 0.272 e. The van der Waals surface area contributed by atoms with Crippen LogP contribution in [0, 0.1) is 0 Å². The van der Waals surface area contributed by atoms with Crippen LogP contribution in [0.2, 0.25) is 0 Å². The van der Waals surface area contributed by atoms with Crippen molar-refractivity contribution in [2.45, 2.75) is 64.0 Å². The average Bonchev–Trinajstić information content (AvgIpc) is 3.45. The minimum atomic E-state index is -0.0378. The number of amides is 2. The highest BCUT2D eigenvalue weighted by molar-refractivity contribution is 5.94. The Morgan fingerprint density at radius 2 is 1.97 bits per heavy atom. The Morgan fingerprint density at radius 3 is 2.69 bits per heavy atom. The van der Waals surface area contributed by atoms with Crippen LogP contribution < -0.4 is 5.32 Å². The van der Waals surface area contributed by atoms with Crippen molar-refractivity contribution in [1.82, 2.24) is 24.8 Å². The van der Waals surface area contributed by atoms with Crippen molar-refractivity contribution < 1.29 is 9.59 Å². The van der Waals surface area contributed by atoms with Crippen LogP contribution in [0.1, 0.15) is 77.9 Å². The third-order valence-corrected chi connectivity index (χ3v) is 6.14. The quantitative estimate of drug-likeness (QED) is 0.844. The summed E-state index contributed by atoms with van der Waals surface area (Å²) in [6.45, 7) is 4.14. The monoisotopic (exact) mass is 395 g/mol. The molecule has 1 saturated heterocycles. The van der Waals surface area contributed by atoms with E-state index < -0.39 is 0 Å². The summed E-state index contributed by atoms with van der Waals surface area (Å²) < 4.78 is 1.88. The normalized spacial score (nSPS) is 20.0. The van der Waals surface area contributed by atoms with Crippen LogP contribution in [0.15, 0.2) is 30.9 Å². The zero-order chi connectivity index (χ0) is 20.2. The van der Waals surface area contributed by atoms with Gasteiger partial charge in [-0.1, -0.05) is 12.8 Å². The van der Waals surface area contributed by atoms with Crippen LogP contribution >= 0.6 is 0 Å². The molecule has 2 amide bonds. The van der Waals surface area contributed by atoms with Crippen LogP contribution in [0.4, 0.5) is 0 Å². The predicted octanol–water partition coefficient (Wildman–Crippen LogP) is 2.99. The fourth-order valence-corrected chi connectivity index (χ4v) is 4.44. The molecule has 1 aliphatic carbocycles. The number of aryl methyl sites for hydroxylation is 1. The minimum absolute atomic E-state index is 0.0293. The highest BCUT2D eigenvalue weighted by atomic mass is 16.2. The molecule has 7 heteroatoms. The summed E-state index contributed by atoms with van der Waals surface area (Å²) in [5.74, 6) is 0.184. The van der Waals surface area contributed by atoms with Crippen molar-refractivity contribution >= 4 is 11.8 Å². The molecule has 4 rings (SSSR count). The molecule has 154 valence electrons. The highest BCUT2D eigenvalue weighted by Crippen LogP contribution is 2.27. The first-order valence-corrected chi connectivity index (χ1v) is 10.7. The zero-order valence-corrected chi connectivity index (χ0v) is 17.0. The highest BCUT2D eigenvalue weighted by Gasteiger charge is 2.28. The van der Waals surface area contributed by atoms with Gasteiger partial charge in [0, 0.05) is 43.5 Å². The molecule has 2 aromatic heterocycles. The molecule has 0 aromatic carbocycles. The van der Waals surface area contributed by atoms with Crippen molar-refractivity contribution in [3.63, 3.8) is 0 Å². The molecule has 1 atom stereocenters. The average molecular weight is 396 g/mol. The Bertz CT molecular complexity index is 854. The summed E-state index contributed by atoms with van der Waals surface area (Å²) in [7, 11) is 0. The predicted molar refractivity (Wildman–Crippen MR) is 110 cm³/mol. The number of nitrogens with one attached hydrogen (secondary N) is 1. The number of hydrogen-bond acceptors (Lipinski definition) is 4. The van der Waals surface area contributed by atoms with E-state index in [1.165, 1.54) is 12.8 Å². The van der Waals surface area contributed by atoms with Crippen molar-refractivity contribution in [1.29, 1.82) is 0 Å². The third kappa shape index (κ3) is 4.33. The summed E-state index contributed by atoms with van der Waals surface area (Å²) in [5.41, 5.74) is 2.19. The van der Waals surface area contributed by atoms with Gasteiger partial charge in [0.25, 0.3) is 11.8 Å². The van der Waals surface area contributed by atoms with Gasteiger partial charge in [-0.05, 0) is 44.7 Å². The molecule has 0 bridgehead atoms. The lowest BCUT2D eigenvalue weighted by molar-refractivity contribution is 0.0695. The van der Waals surface area contributed by atoms with Gasteiger partial charge < -0.3 is 14.8 Å². The van der Waals surface area contributed by atoms with Gasteiger partial charge >= 0.3 is 0 Å². The molecule has 29 heavy (non-hydrogen) atoms. The molecule has 1 N–H and O–H groups in total. The molecule has 2 aromatic rings. The first-order chi connectivity index (χ1) is 14.2. The number of nitrogens with zero attached hydrogens (tertiary/aromatic N) is 4. The van der Waals surface area contributed by atoms with Crippen LogP contribution in [0.25, 0.3) is 0 Å². The maximum absolute atomic E-state index is 12.9. The first-order valence-electron chi connectivity index (χ1n) is 10.7. The molecule has 2 aliphatic rings. The van der Waals surface area contributed by atoms with E-state index in [2.05, 4.69) is 15.3 Å². The molecular formula is C22H29N5O2. The topological polar surface area (TPSA) is 80.1 Å². The van der Waals surface area contributed by atoms with Crippen molar-refractivity contribution in [3.8, 4) is 0 Å². The number of piperidine rings is 1. The van der Waals surface area contributed by atoms with Crippen LogP contribution in [-0.2, 0) is 6.54 Å². The van der Waals surface area contributed by atoms with E-state index in [-0.39, 0.29) is 17.7 Å². The van der Waals surface area contributed by atoms with Crippen molar-refractivity contribution in [2.24, 2.45) is 0 Å². The van der Waals surface area contributed by atoms with Crippen LogP contribution in [0.5, 0.6) is 0 Å². The van der Waals surface area contributed by atoms with E-state index in [1.807, 2.05) is 28.5 Å². The molecular weight excluding hydrogens is 366 g/mol. The lowest BCUT2D eigenvalue weighted by atomic mass is 9.93. The van der Waals surface area contributed by atoms with Crippen molar-refractivity contribution in [3.05, 3.63) is 47.8 Å². The minimum Gasteiger partial charge on any atom is -0.349 e. The van der Waals surface area contributed by atoms with Gasteiger partial charge in [0.05, 0.1) is 18.1 Å². The summed E-state index contributed by atoms with van der Waals surface area (Å²) in [6, 6.07) is 4.11. The number of hydrogen-bond donors (Lipinski definition) is 1. The van der Waals surface area contributed by atoms with Gasteiger partial charge in [0.1, 0.15) is 5.69 Å². The van der Waals surface area contributed by atoms with E-state index in [9.17, 15) is 9.59 Å². The maximum atomic E-state index is 12.9. The second-order valence-corrected chi connectivity index (χ2v) is 8.08. The maximum Gasteiger partial charge on any atom is 0.272 e. The SMILES string of the molecule is CCn1cncc1C(=O)N1CCC[C@H](c2ccc(C(=O)NC3CCCC3)cn2)C1. The Hall–Kier alpha value is -2.70. The van der Waals surface area contributed by atoms with Gasteiger partial charge in [-0.15, -0.1) is 0 Å². The van der Waals surface area contributed by atoms with Gasteiger partial charge in [-0.3, -0.25) is 14.6 Å². The Kier molecular flexibility index (Phi) is 5.92. The number of aromatic nitrogens is 3. The molecule has 3 heterocycles. The summed E-state index contributed by atoms with van der Waals surface area (Å²) >= 11 is 0. The van der Waals surface area contributed by atoms with E-state index in [1.54, 1.807) is 18.7 Å². The second kappa shape index (κ2) is 8.76. The lowest BCUT2D eigenvalue weighted by Gasteiger charge is -2.32. The molecule has 7 nitrogen and oxygen atoms in total. The number of carbonyl (C=O) groups is 2. The second-order valence-electron chi connectivity index (χ2n) is 8.08. The zero-order valence-electron chi connectivity index (χ0n) is 17.0. The van der Waals surface area contributed by atoms with Gasteiger partial charge in [0.15, 0.2) is 0 Å². The number of carbonyl (C=O) groups excluding carboxylic acids is 2. The Morgan fingerprint density at radius 1 is 1.14 bits per heavy atom. The molecule has 1 aliphatic heterocycles. The summed E-state index contributed by atoms with van der Waals surface area (Å²) in [4.78, 5) is 35.9. The molecule has 0 unspecified atom stereocenters. The Labute approximate surface area is 171 Å². The van der Waals surface area contributed by atoms with Crippen LogP contribution in [0.3, 0.4) is 0 Å². The first kappa shape index (κ1) is 19.6. The Balaban J connectivity index is 1.40. The van der Waals surface area contributed by atoms with E-state index in [0.717, 1.165) is 44.5 Å². The largest absolute Gasteiger partial charge is 0.349 e. The fraction of sp³-hybridized carbons (Fsp3) is 0.545. The lowest BCUT2D eigenvalue weighted by Crippen LogP contribution is -2.40. The summed E-state index contributed by atoms with van der Waals surface area (Å²) in [6.07, 6.45) is 11.5. The number of rotatable bonds is 5.